The maximum Gasteiger partial charge on any atom is 0.234 e. The summed E-state index contributed by atoms with van der Waals surface area (Å²) in [5.41, 5.74) is 4.80. The molecule has 0 radical (unpaired) electrons. The lowest BCUT2D eigenvalue weighted by molar-refractivity contribution is -0.132. The van der Waals surface area contributed by atoms with Gasteiger partial charge in [0.05, 0.1) is 22.6 Å². The molecule has 2 heterocycles. The number of benzene rings is 3. The van der Waals surface area contributed by atoms with Gasteiger partial charge in [0.15, 0.2) is 5.82 Å². The standard InChI is InChI=1S/C27H26N4O/c1-20-26(29-24-15-9-8-14-23(24)28-20)30-16-18-31(19-17-30)27(32)25(21-10-4-2-5-11-21)22-12-6-3-7-13-22/h2-15,25H,16-19H2,1H3. The molecule has 1 amide bonds. The summed E-state index contributed by atoms with van der Waals surface area (Å²) in [5.74, 6) is 0.785. The summed E-state index contributed by atoms with van der Waals surface area (Å²) >= 11 is 0. The van der Waals surface area contributed by atoms with Gasteiger partial charge in [0.1, 0.15) is 0 Å². The highest BCUT2D eigenvalue weighted by molar-refractivity contribution is 5.87. The number of hydrogen-bond donors (Lipinski definition) is 0. The van der Waals surface area contributed by atoms with E-state index < -0.39 is 0 Å². The van der Waals surface area contributed by atoms with Crippen LogP contribution in [-0.4, -0.2) is 47.0 Å². The topological polar surface area (TPSA) is 49.3 Å². The van der Waals surface area contributed by atoms with E-state index in [0.717, 1.165) is 46.8 Å². The van der Waals surface area contributed by atoms with Gasteiger partial charge in [0.2, 0.25) is 5.91 Å². The second-order valence-corrected chi connectivity index (χ2v) is 8.19. The molecular weight excluding hydrogens is 396 g/mol. The van der Waals surface area contributed by atoms with Crippen LogP contribution in [0, 0.1) is 6.92 Å². The summed E-state index contributed by atoms with van der Waals surface area (Å²) in [6.07, 6.45) is 0. The summed E-state index contributed by atoms with van der Waals surface area (Å²) < 4.78 is 0. The fraction of sp³-hybridized carbons (Fsp3) is 0.222. The molecule has 0 spiro atoms. The maximum absolute atomic E-state index is 13.7. The number of rotatable bonds is 4. The van der Waals surface area contributed by atoms with Gasteiger partial charge >= 0.3 is 0 Å². The van der Waals surface area contributed by atoms with Crippen LogP contribution in [0.5, 0.6) is 0 Å². The third-order valence-corrected chi connectivity index (χ3v) is 6.12. The first-order valence-electron chi connectivity index (χ1n) is 11.1. The van der Waals surface area contributed by atoms with Gasteiger partial charge in [-0.3, -0.25) is 4.79 Å². The molecule has 0 bridgehead atoms. The van der Waals surface area contributed by atoms with Crippen molar-refractivity contribution in [1.29, 1.82) is 0 Å². The van der Waals surface area contributed by atoms with Crippen LogP contribution in [0.1, 0.15) is 22.7 Å². The van der Waals surface area contributed by atoms with E-state index in [0.29, 0.717) is 13.1 Å². The molecule has 1 saturated heterocycles. The van der Waals surface area contributed by atoms with Crippen LogP contribution in [0.15, 0.2) is 84.9 Å². The zero-order chi connectivity index (χ0) is 21.9. The van der Waals surface area contributed by atoms with Gasteiger partial charge in [0, 0.05) is 26.2 Å². The third kappa shape index (κ3) is 3.94. The Morgan fingerprint density at radius 1 is 0.719 bits per heavy atom. The highest BCUT2D eigenvalue weighted by atomic mass is 16.2. The number of aryl methyl sites for hydroxylation is 1. The number of nitrogens with zero attached hydrogens (tertiary/aromatic N) is 4. The van der Waals surface area contributed by atoms with E-state index in [2.05, 4.69) is 4.90 Å². The Bertz CT molecular complexity index is 1180. The van der Waals surface area contributed by atoms with Gasteiger partial charge in [0.25, 0.3) is 0 Å². The molecule has 4 aromatic rings. The second-order valence-electron chi connectivity index (χ2n) is 8.19. The third-order valence-electron chi connectivity index (χ3n) is 6.12. The Balaban J connectivity index is 1.36. The molecule has 160 valence electrons. The van der Waals surface area contributed by atoms with Crippen molar-refractivity contribution in [2.45, 2.75) is 12.8 Å². The number of carbonyl (C=O) groups excluding carboxylic acids is 1. The summed E-state index contributed by atoms with van der Waals surface area (Å²) in [6.45, 7) is 4.84. The van der Waals surface area contributed by atoms with E-state index in [1.54, 1.807) is 0 Å². The number of aromatic nitrogens is 2. The molecule has 0 saturated carbocycles. The molecule has 1 fully saturated rings. The normalized spacial score (nSPS) is 14.2. The number of para-hydroxylation sites is 2. The SMILES string of the molecule is Cc1nc2ccccc2nc1N1CCN(C(=O)C(c2ccccc2)c2ccccc2)CC1. The van der Waals surface area contributed by atoms with E-state index >= 15 is 0 Å². The van der Waals surface area contributed by atoms with Gasteiger partial charge < -0.3 is 9.80 Å². The van der Waals surface area contributed by atoms with Crippen molar-refractivity contribution in [3.05, 3.63) is 102 Å². The molecule has 5 rings (SSSR count). The van der Waals surface area contributed by atoms with Gasteiger partial charge in [-0.05, 0) is 30.2 Å². The average Bonchev–Trinajstić information content (AvgIpc) is 2.85. The Morgan fingerprint density at radius 2 is 1.22 bits per heavy atom. The predicted octanol–water partition coefficient (Wildman–Crippen LogP) is 4.42. The predicted molar refractivity (Wildman–Crippen MR) is 128 cm³/mol. The Morgan fingerprint density at radius 3 is 1.78 bits per heavy atom. The first kappa shape index (κ1) is 20.2. The van der Waals surface area contributed by atoms with Crippen molar-refractivity contribution in [3.63, 3.8) is 0 Å². The lowest BCUT2D eigenvalue weighted by atomic mass is 9.90. The van der Waals surface area contributed by atoms with Gasteiger partial charge in [-0.2, -0.15) is 0 Å². The molecule has 3 aromatic carbocycles. The first-order chi connectivity index (χ1) is 15.7. The molecule has 1 aliphatic rings. The fourth-order valence-electron chi connectivity index (χ4n) is 4.47. The number of hydrogen-bond acceptors (Lipinski definition) is 4. The highest BCUT2D eigenvalue weighted by Crippen LogP contribution is 2.28. The minimum absolute atomic E-state index is 0.156. The maximum atomic E-state index is 13.7. The van der Waals surface area contributed by atoms with Crippen LogP contribution >= 0.6 is 0 Å². The Hall–Kier alpha value is -3.73. The minimum Gasteiger partial charge on any atom is -0.352 e. The quantitative estimate of drug-likeness (QED) is 0.489. The second kappa shape index (κ2) is 8.79. The van der Waals surface area contributed by atoms with Crippen LogP contribution in [0.25, 0.3) is 11.0 Å². The number of fused-ring (bicyclic) bond motifs is 1. The number of carbonyl (C=O) groups is 1. The molecule has 0 aliphatic carbocycles. The Labute approximate surface area is 188 Å². The number of piperazine rings is 1. The van der Waals surface area contributed by atoms with Crippen molar-refractivity contribution in [2.24, 2.45) is 0 Å². The smallest absolute Gasteiger partial charge is 0.234 e. The van der Waals surface area contributed by atoms with Crippen molar-refractivity contribution in [3.8, 4) is 0 Å². The molecule has 5 heteroatoms. The van der Waals surface area contributed by atoms with E-state index in [-0.39, 0.29) is 11.8 Å². The van der Waals surface area contributed by atoms with Crippen molar-refractivity contribution in [2.75, 3.05) is 31.1 Å². The number of amides is 1. The summed E-state index contributed by atoms with van der Waals surface area (Å²) in [6, 6.07) is 28.1. The zero-order valence-electron chi connectivity index (χ0n) is 18.2. The average molecular weight is 423 g/mol. The van der Waals surface area contributed by atoms with E-state index in [1.807, 2.05) is 96.8 Å². The van der Waals surface area contributed by atoms with Crippen LogP contribution in [-0.2, 0) is 4.79 Å². The molecular formula is C27H26N4O. The molecule has 32 heavy (non-hydrogen) atoms. The van der Waals surface area contributed by atoms with Gasteiger partial charge in [-0.15, -0.1) is 0 Å². The monoisotopic (exact) mass is 422 g/mol. The lowest BCUT2D eigenvalue weighted by Gasteiger charge is -2.37. The molecule has 1 aliphatic heterocycles. The molecule has 5 nitrogen and oxygen atoms in total. The summed E-state index contributed by atoms with van der Waals surface area (Å²) in [7, 11) is 0. The van der Waals surface area contributed by atoms with Crippen molar-refractivity contribution >= 4 is 22.8 Å². The van der Waals surface area contributed by atoms with Crippen LogP contribution in [0.2, 0.25) is 0 Å². The number of anilines is 1. The van der Waals surface area contributed by atoms with Crippen molar-refractivity contribution < 1.29 is 4.79 Å². The molecule has 0 atom stereocenters. The first-order valence-corrected chi connectivity index (χ1v) is 11.1. The summed E-state index contributed by atoms with van der Waals surface area (Å²) in [4.78, 5) is 27.5. The van der Waals surface area contributed by atoms with Gasteiger partial charge in [-0.1, -0.05) is 72.8 Å². The van der Waals surface area contributed by atoms with Crippen LogP contribution in [0.3, 0.4) is 0 Å². The van der Waals surface area contributed by atoms with Crippen LogP contribution in [0.4, 0.5) is 5.82 Å². The molecule has 1 aromatic heterocycles. The Kier molecular flexibility index (Phi) is 5.55. The summed E-state index contributed by atoms with van der Waals surface area (Å²) in [5, 5.41) is 0. The fourth-order valence-corrected chi connectivity index (χ4v) is 4.47. The molecule has 0 unspecified atom stereocenters. The minimum atomic E-state index is -0.286. The molecule has 0 N–H and O–H groups in total. The zero-order valence-corrected chi connectivity index (χ0v) is 18.2. The van der Waals surface area contributed by atoms with E-state index in [9.17, 15) is 4.79 Å². The van der Waals surface area contributed by atoms with Crippen molar-refractivity contribution in [1.82, 2.24) is 14.9 Å². The van der Waals surface area contributed by atoms with E-state index in [1.165, 1.54) is 0 Å². The van der Waals surface area contributed by atoms with E-state index in [4.69, 9.17) is 9.97 Å². The highest BCUT2D eigenvalue weighted by Gasteiger charge is 2.30. The van der Waals surface area contributed by atoms with Gasteiger partial charge in [-0.25, -0.2) is 9.97 Å². The largest absolute Gasteiger partial charge is 0.352 e. The van der Waals surface area contributed by atoms with Crippen LogP contribution < -0.4 is 4.90 Å². The lowest BCUT2D eigenvalue weighted by Crippen LogP contribution is -2.50.